The van der Waals surface area contributed by atoms with E-state index in [9.17, 15) is 14.0 Å². The van der Waals surface area contributed by atoms with Gasteiger partial charge in [-0.25, -0.2) is 19.3 Å². The number of thiazole rings is 1. The largest absolute Gasteiger partial charge is 0.351 e. The van der Waals surface area contributed by atoms with Crippen LogP contribution < -0.4 is 10.9 Å². The molecule has 0 saturated carbocycles. The molecule has 0 aliphatic carbocycles. The maximum absolute atomic E-state index is 13.2. The van der Waals surface area contributed by atoms with Gasteiger partial charge >= 0.3 is 0 Å². The lowest BCUT2D eigenvalue weighted by atomic mass is 10.1. The average Bonchev–Trinajstić information content (AvgIpc) is 3.24. The lowest BCUT2D eigenvalue weighted by Gasteiger charge is -2.11. The summed E-state index contributed by atoms with van der Waals surface area (Å²) in [6.45, 7) is 2.03. The number of hydrogen-bond donors (Lipinski definition) is 1. The number of benzene rings is 1. The summed E-state index contributed by atoms with van der Waals surface area (Å²) in [5.41, 5.74) is 1.46. The van der Waals surface area contributed by atoms with Crippen molar-refractivity contribution in [2.75, 3.05) is 6.54 Å². The number of amides is 1. The highest BCUT2D eigenvalue weighted by Crippen LogP contribution is 2.19. The number of halogens is 1. The maximum atomic E-state index is 13.2. The van der Waals surface area contributed by atoms with Crippen LogP contribution in [-0.4, -0.2) is 32.0 Å². The van der Waals surface area contributed by atoms with E-state index in [1.165, 1.54) is 40.2 Å². The molecule has 3 aromatic heterocycles. The molecule has 0 radical (unpaired) electrons. The Balaban J connectivity index is 1.45. The second-order valence-corrected chi connectivity index (χ2v) is 7.61. The van der Waals surface area contributed by atoms with Crippen molar-refractivity contribution in [2.45, 2.75) is 13.3 Å². The molecule has 0 aliphatic rings. The highest BCUT2D eigenvalue weighted by atomic mass is 32.1. The fraction of sp³-hybridized carbons (Fsp3) is 0.136. The van der Waals surface area contributed by atoms with Crippen LogP contribution in [0, 0.1) is 12.7 Å². The Labute approximate surface area is 181 Å². The summed E-state index contributed by atoms with van der Waals surface area (Å²) in [7, 11) is 0. The number of pyridine rings is 1. The Morgan fingerprint density at radius 3 is 2.65 bits per heavy atom. The van der Waals surface area contributed by atoms with Gasteiger partial charge in [-0.3, -0.25) is 14.2 Å². The molecular formula is C22H18FN5O2S. The number of nitrogens with zero attached hydrogens (tertiary/aromatic N) is 4. The Kier molecular flexibility index (Phi) is 5.94. The smallest absolute Gasteiger partial charge is 0.268 e. The van der Waals surface area contributed by atoms with Crippen LogP contribution in [0.4, 0.5) is 4.39 Å². The van der Waals surface area contributed by atoms with Gasteiger partial charge in [-0.1, -0.05) is 0 Å². The van der Waals surface area contributed by atoms with Gasteiger partial charge in [-0.15, -0.1) is 11.3 Å². The number of carbonyl (C=O) groups excluding carboxylic acids is 1. The summed E-state index contributed by atoms with van der Waals surface area (Å²) in [6, 6.07) is 8.94. The lowest BCUT2D eigenvalue weighted by Crippen LogP contribution is -2.34. The molecule has 9 heteroatoms. The summed E-state index contributed by atoms with van der Waals surface area (Å²) >= 11 is 1.43. The van der Waals surface area contributed by atoms with E-state index in [1.54, 1.807) is 37.6 Å². The zero-order chi connectivity index (χ0) is 21.8. The second kappa shape index (κ2) is 8.97. The summed E-state index contributed by atoms with van der Waals surface area (Å²) in [6.07, 6.45) is 5.40. The minimum atomic E-state index is -0.458. The topological polar surface area (TPSA) is 89.8 Å². The summed E-state index contributed by atoms with van der Waals surface area (Å²) < 4.78 is 14.5. The molecular weight excluding hydrogens is 417 g/mol. The average molecular weight is 435 g/mol. The third-order valence-corrected chi connectivity index (χ3v) is 5.50. The molecule has 3 heterocycles. The van der Waals surface area contributed by atoms with Crippen LogP contribution in [-0.2, 0) is 6.42 Å². The van der Waals surface area contributed by atoms with Crippen molar-refractivity contribution in [3.63, 3.8) is 0 Å². The van der Waals surface area contributed by atoms with Gasteiger partial charge in [0, 0.05) is 42.6 Å². The van der Waals surface area contributed by atoms with Gasteiger partial charge in [0.1, 0.15) is 11.4 Å². The highest BCUT2D eigenvalue weighted by Gasteiger charge is 2.16. The summed E-state index contributed by atoms with van der Waals surface area (Å²) in [5.74, 6) is -0.296. The molecule has 7 nitrogen and oxygen atoms in total. The zero-order valence-corrected chi connectivity index (χ0v) is 17.4. The number of aryl methyl sites for hydroxylation is 1. The number of aromatic nitrogens is 4. The van der Waals surface area contributed by atoms with E-state index in [0.29, 0.717) is 35.0 Å². The molecule has 1 amide bonds. The maximum Gasteiger partial charge on any atom is 0.268 e. The quantitative estimate of drug-likeness (QED) is 0.503. The van der Waals surface area contributed by atoms with Crippen LogP contribution in [0.5, 0.6) is 0 Å². The molecule has 0 fully saturated rings. The van der Waals surface area contributed by atoms with Crippen molar-refractivity contribution in [3.8, 4) is 16.5 Å². The van der Waals surface area contributed by atoms with E-state index in [0.717, 1.165) is 5.69 Å². The van der Waals surface area contributed by atoms with Gasteiger partial charge in [0.05, 0.1) is 5.69 Å². The molecule has 0 bridgehead atoms. The van der Waals surface area contributed by atoms with Crippen LogP contribution in [0.3, 0.4) is 0 Å². The lowest BCUT2D eigenvalue weighted by molar-refractivity contribution is 0.0951. The van der Waals surface area contributed by atoms with Crippen molar-refractivity contribution < 1.29 is 9.18 Å². The molecule has 156 valence electrons. The van der Waals surface area contributed by atoms with E-state index < -0.39 is 17.3 Å². The van der Waals surface area contributed by atoms with E-state index in [2.05, 4.69) is 20.3 Å². The molecule has 0 aliphatic heterocycles. The summed E-state index contributed by atoms with van der Waals surface area (Å²) in [4.78, 5) is 38.5. The van der Waals surface area contributed by atoms with Crippen molar-refractivity contribution >= 4 is 17.2 Å². The zero-order valence-electron chi connectivity index (χ0n) is 16.6. The molecule has 31 heavy (non-hydrogen) atoms. The Morgan fingerprint density at radius 1 is 1.16 bits per heavy atom. The molecule has 0 unspecified atom stereocenters. The van der Waals surface area contributed by atoms with Gasteiger partial charge in [0.2, 0.25) is 0 Å². The van der Waals surface area contributed by atoms with Crippen LogP contribution >= 0.6 is 11.3 Å². The van der Waals surface area contributed by atoms with Crippen molar-refractivity contribution in [3.05, 3.63) is 93.4 Å². The first-order valence-corrected chi connectivity index (χ1v) is 10.4. The minimum Gasteiger partial charge on any atom is -0.351 e. The Morgan fingerprint density at radius 2 is 1.90 bits per heavy atom. The number of nitrogens with one attached hydrogen (secondary N) is 1. The molecule has 1 N–H and O–H groups in total. The first-order valence-electron chi connectivity index (χ1n) is 9.51. The third kappa shape index (κ3) is 4.56. The standard InChI is InChI=1S/C22H18FN5O2S/c1-14-8-12-28(17-5-3-15(23)4-6-17)22(30)18(14)20(29)26-11-7-16-13-31-21(27-16)19-24-9-2-10-25-19/h2-6,8-10,12-13H,7,11H2,1H3,(H,26,29). The van der Waals surface area contributed by atoms with Crippen LogP contribution in [0.2, 0.25) is 0 Å². The van der Waals surface area contributed by atoms with Gasteiger partial charge in [0.15, 0.2) is 10.8 Å². The van der Waals surface area contributed by atoms with Crippen LogP contribution in [0.1, 0.15) is 21.6 Å². The normalized spacial score (nSPS) is 10.8. The fourth-order valence-corrected chi connectivity index (χ4v) is 3.83. The first-order chi connectivity index (χ1) is 15.0. The highest BCUT2D eigenvalue weighted by molar-refractivity contribution is 7.13. The molecule has 4 aromatic rings. The Hall–Kier alpha value is -3.72. The van der Waals surface area contributed by atoms with Crippen LogP contribution in [0.25, 0.3) is 16.5 Å². The van der Waals surface area contributed by atoms with Gasteiger partial charge in [-0.05, 0) is 48.9 Å². The predicted octanol–water partition coefficient (Wildman–Crippen LogP) is 3.17. The van der Waals surface area contributed by atoms with E-state index >= 15 is 0 Å². The SMILES string of the molecule is Cc1ccn(-c2ccc(F)cc2)c(=O)c1C(=O)NCCc1csc(-c2ncccn2)n1. The molecule has 1 aromatic carbocycles. The van der Waals surface area contributed by atoms with E-state index in [4.69, 9.17) is 0 Å². The van der Waals surface area contributed by atoms with Gasteiger partial charge in [0.25, 0.3) is 11.5 Å². The third-order valence-electron chi connectivity index (χ3n) is 4.61. The van der Waals surface area contributed by atoms with Gasteiger partial charge < -0.3 is 5.32 Å². The molecule has 0 saturated heterocycles. The summed E-state index contributed by atoms with van der Waals surface area (Å²) in [5, 5.41) is 5.39. The monoisotopic (exact) mass is 435 g/mol. The molecule has 0 atom stereocenters. The number of carbonyl (C=O) groups is 1. The van der Waals surface area contributed by atoms with E-state index in [-0.39, 0.29) is 5.56 Å². The molecule has 0 spiro atoms. The minimum absolute atomic E-state index is 0.0588. The van der Waals surface area contributed by atoms with Gasteiger partial charge in [-0.2, -0.15) is 0 Å². The van der Waals surface area contributed by atoms with Crippen molar-refractivity contribution in [2.24, 2.45) is 0 Å². The predicted molar refractivity (Wildman–Crippen MR) is 116 cm³/mol. The van der Waals surface area contributed by atoms with E-state index in [1.807, 2.05) is 5.38 Å². The number of hydrogen-bond acceptors (Lipinski definition) is 6. The van der Waals surface area contributed by atoms with Crippen molar-refractivity contribution in [1.29, 1.82) is 0 Å². The van der Waals surface area contributed by atoms with Crippen molar-refractivity contribution in [1.82, 2.24) is 24.8 Å². The van der Waals surface area contributed by atoms with Crippen LogP contribution in [0.15, 0.2) is 65.2 Å². The second-order valence-electron chi connectivity index (χ2n) is 6.75. The first kappa shape index (κ1) is 20.5. The molecule has 4 rings (SSSR count). The Bertz CT molecular complexity index is 1270. The number of rotatable bonds is 6. The fourth-order valence-electron chi connectivity index (χ4n) is 3.03.